The minimum absolute atomic E-state index is 0.112. The fraction of sp³-hybridized carbons (Fsp3) is 0.105. The molecular weight excluding hydrogens is 348 g/mol. The van der Waals surface area contributed by atoms with Gasteiger partial charge in [0.1, 0.15) is 5.82 Å². The fourth-order valence-electron chi connectivity index (χ4n) is 2.48. The Bertz CT molecular complexity index is 986. The quantitative estimate of drug-likeness (QED) is 0.476. The number of nitrogen functional groups attached to an aromatic ring is 1. The number of nitrogens with one attached hydrogen (secondary N) is 2. The number of anilines is 2. The van der Waals surface area contributed by atoms with E-state index in [1.165, 1.54) is 0 Å². The number of aromatic nitrogens is 2. The van der Waals surface area contributed by atoms with Gasteiger partial charge < -0.3 is 16.0 Å². The van der Waals surface area contributed by atoms with Crippen molar-refractivity contribution in [3.63, 3.8) is 0 Å². The highest BCUT2D eigenvalue weighted by atomic mass is 32.2. The summed E-state index contributed by atoms with van der Waals surface area (Å²) in [7, 11) is 0. The molecule has 0 unspecified atom stereocenters. The Kier molecular flexibility index (Phi) is 5.38. The van der Waals surface area contributed by atoms with Gasteiger partial charge in [0.25, 0.3) is 5.56 Å². The third-order valence-electron chi connectivity index (χ3n) is 3.63. The predicted octanol–water partition coefficient (Wildman–Crippen LogP) is 3.06. The molecule has 0 saturated carbocycles. The summed E-state index contributed by atoms with van der Waals surface area (Å²) in [5.41, 5.74) is 8.45. The van der Waals surface area contributed by atoms with Crippen LogP contribution >= 0.6 is 11.8 Å². The zero-order valence-corrected chi connectivity index (χ0v) is 15.0. The number of aryl methyl sites for hydroxylation is 1. The largest absolute Gasteiger partial charge is 0.383 e. The maximum absolute atomic E-state index is 12.3. The number of rotatable bonds is 5. The molecule has 0 aliphatic rings. The van der Waals surface area contributed by atoms with Crippen LogP contribution in [0.4, 0.5) is 11.5 Å². The van der Waals surface area contributed by atoms with Gasteiger partial charge in [-0.3, -0.25) is 9.59 Å². The molecule has 0 spiro atoms. The van der Waals surface area contributed by atoms with Gasteiger partial charge >= 0.3 is 0 Å². The van der Waals surface area contributed by atoms with E-state index >= 15 is 0 Å². The van der Waals surface area contributed by atoms with E-state index in [0.29, 0.717) is 16.3 Å². The van der Waals surface area contributed by atoms with Crippen molar-refractivity contribution in [2.75, 3.05) is 16.8 Å². The van der Waals surface area contributed by atoms with Crippen molar-refractivity contribution in [2.24, 2.45) is 0 Å². The van der Waals surface area contributed by atoms with Gasteiger partial charge in [-0.2, -0.15) is 0 Å². The molecule has 0 aliphatic carbocycles. The number of nitrogens with two attached hydrogens (primary N) is 1. The number of hydrogen-bond acceptors (Lipinski definition) is 5. The summed E-state index contributed by atoms with van der Waals surface area (Å²) in [5.74, 6) is 0.0663. The average molecular weight is 366 g/mol. The molecule has 1 amide bonds. The van der Waals surface area contributed by atoms with E-state index in [1.807, 2.05) is 49.4 Å². The zero-order valence-electron chi connectivity index (χ0n) is 14.2. The number of benzene rings is 2. The number of aromatic amines is 1. The molecule has 0 atom stereocenters. The van der Waals surface area contributed by atoms with Crippen LogP contribution in [0.2, 0.25) is 0 Å². The standard InChI is InChI=1S/C19H18N4O2S/c1-12-6-5-9-14(10-12)21-15(24)11-26-19-22-17(20)16(18(25)23-19)13-7-3-2-4-8-13/h2-10H,11H2,1H3,(H,21,24)(H3,20,22,23,25). The highest BCUT2D eigenvalue weighted by Crippen LogP contribution is 2.22. The molecule has 3 aromatic rings. The highest BCUT2D eigenvalue weighted by Gasteiger charge is 2.12. The summed E-state index contributed by atoms with van der Waals surface area (Å²) in [6.07, 6.45) is 0. The summed E-state index contributed by atoms with van der Waals surface area (Å²) in [4.78, 5) is 31.3. The molecular formula is C19H18N4O2S. The summed E-state index contributed by atoms with van der Waals surface area (Å²) in [6, 6.07) is 16.6. The first-order valence-electron chi connectivity index (χ1n) is 7.97. The number of carbonyl (C=O) groups excluding carboxylic acids is 1. The Morgan fingerprint density at radius 2 is 1.96 bits per heavy atom. The van der Waals surface area contributed by atoms with Crippen molar-refractivity contribution >= 4 is 29.2 Å². The Balaban J connectivity index is 1.69. The topological polar surface area (TPSA) is 101 Å². The molecule has 0 fully saturated rings. The highest BCUT2D eigenvalue weighted by molar-refractivity contribution is 7.99. The second-order valence-corrected chi connectivity index (χ2v) is 6.67. The minimum Gasteiger partial charge on any atom is -0.383 e. The summed E-state index contributed by atoms with van der Waals surface area (Å²) in [6.45, 7) is 1.95. The van der Waals surface area contributed by atoms with Crippen molar-refractivity contribution in [1.82, 2.24) is 9.97 Å². The Labute approximate surface area is 154 Å². The van der Waals surface area contributed by atoms with Gasteiger partial charge in [-0.1, -0.05) is 54.2 Å². The molecule has 1 aromatic heterocycles. The third-order valence-corrected chi connectivity index (χ3v) is 4.50. The lowest BCUT2D eigenvalue weighted by molar-refractivity contribution is -0.113. The van der Waals surface area contributed by atoms with Gasteiger partial charge in [-0.05, 0) is 30.2 Å². The van der Waals surface area contributed by atoms with Crippen LogP contribution in [0.3, 0.4) is 0 Å². The number of H-pyrrole nitrogens is 1. The fourth-order valence-corrected chi connectivity index (χ4v) is 3.14. The first-order valence-corrected chi connectivity index (χ1v) is 8.96. The van der Waals surface area contributed by atoms with Crippen LogP contribution in [-0.2, 0) is 4.79 Å². The third kappa shape index (κ3) is 4.31. The molecule has 132 valence electrons. The molecule has 0 bridgehead atoms. The van der Waals surface area contributed by atoms with E-state index in [1.54, 1.807) is 12.1 Å². The molecule has 0 radical (unpaired) electrons. The van der Waals surface area contributed by atoms with Crippen LogP contribution in [0.5, 0.6) is 0 Å². The molecule has 7 heteroatoms. The molecule has 6 nitrogen and oxygen atoms in total. The van der Waals surface area contributed by atoms with Crippen molar-refractivity contribution in [1.29, 1.82) is 0 Å². The van der Waals surface area contributed by atoms with Gasteiger partial charge in [0.15, 0.2) is 5.16 Å². The van der Waals surface area contributed by atoms with Gasteiger partial charge in [-0.15, -0.1) is 0 Å². The number of amides is 1. The molecule has 0 aliphatic heterocycles. The zero-order chi connectivity index (χ0) is 18.5. The van der Waals surface area contributed by atoms with Crippen LogP contribution in [0.1, 0.15) is 5.56 Å². The minimum atomic E-state index is -0.328. The predicted molar refractivity (Wildman–Crippen MR) is 105 cm³/mol. The lowest BCUT2D eigenvalue weighted by Crippen LogP contribution is -2.17. The summed E-state index contributed by atoms with van der Waals surface area (Å²) < 4.78 is 0. The maximum Gasteiger partial charge on any atom is 0.261 e. The average Bonchev–Trinajstić information content (AvgIpc) is 2.60. The summed E-state index contributed by atoms with van der Waals surface area (Å²) in [5, 5.41) is 3.12. The van der Waals surface area contributed by atoms with Crippen LogP contribution in [0, 0.1) is 6.92 Å². The molecule has 4 N–H and O–H groups in total. The van der Waals surface area contributed by atoms with E-state index in [4.69, 9.17) is 5.73 Å². The van der Waals surface area contributed by atoms with Crippen molar-refractivity contribution in [3.8, 4) is 11.1 Å². The maximum atomic E-state index is 12.3. The van der Waals surface area contributed by atoms with Gasteiger partial charge in [0.2, 0.25) is 5.91 Å². The smallest absolute Gasteiger partial charge is 0.261 e. The normalized spacial score (nSPS) is 10.5. The second-order valence-electron chi connectivity index (χ2n) is 5.70. The van der Waals surface area contributed by atoms with E-state index in [0.717, 1.165) is 23.0 Å². The van der Waals surface area contributed by atoms with Crippen LogP contribution in [0.15, 0.2) is 64.5 Å². The van der Waals surface area contributed by atoms with Crippen LogP contribution in [0.25, 0.3) is 11.1 Å². The lowest BCUT2D eigenvalue weighted by Gasteiger charge is -2.08. The van der Waals surface area contributed by atoms with Crippen LogP contribution < -0.4 is 16.6 Å². The molecule has 1 heterocycles. The first kappa shape index (κ1) is 17.8. The lowest BCUT2D eigenvalue weighted by atomic mass is 10.1. The van der Waals surface area contributed by atoms with Gasteiger partial charge in [-0.25, -0.2) is 4.98 Å². The van der Waals surface area contributed by atoms with Crippen LogP contribution in [-0.4, -0.2) is 21.6 Å². The molecule has 3 rings (SSSR count). The van der Waals surface area contributed by atoms with Crippen molar-refractivity contribution in [3.05, 3.63) is 70.5 Å². The number of hydrogen-bond donors (Lipinski definition) is 3. The monoisotopic (exact) mass is 366 g/mol. The Morgan fingerprint density at radius 1 is 1.19 bits per heavy atom. The van der Waals surface area contributed by atoms with E-state index in [-0.39, 0.29) is 23.0 Å². The van der Waals surface area contributed by atoms with E-state index in [9.17, 15) is 9.59 Å². The second kappa shape index (κ2) is 7.88. The SMILES string of the molecule is Cc1cccc(NC(=O)CSc2nc(N)c(-c3ccccc3)c(=O)[nH]2)c1. The van der Waals surface area contributed by atoms with E-state index < -0.39 is 0 Å². The molecule has 2 aromatic carbocycles. The number of nitrogens with zero attached hydrogens (tertiary/aromatic N) is 1. The van der Waals surface area contributed by atoms with Crippen molar-refractivity contribution < 1.29 is 4.79 Å². The first-order chi connectivity index (χ1) is 12.5. The molecule has 26 heavy (non-hydrogen) atoms. The number of thioether (sulfide) groups is 1. The van der Waals surface area contributed by atoms with Crippen molar-refractivity contribution in [2.45, 2.75) is 12.1 Å². The Hall–Kier alpha value is -3.06. The molecule has 0 saturated heterocycles. The number of carbonyl (C=O) groups is 1. The summed E-state index contributed by atoms with van der Waals surface area (Å²) >= 11 is 1.13. The Morgan fingerprint density at radius 3 is 2.65 bits per heavy atom. The van der Waals surface area contributed by atoms with E-state index in [2.05, 4.69) is 15.3 Å². The van der Waals surface area contributed by atoms with Gasteiger partial charge in [0.05, 0.1) is 11.3 Å². The van der Waals surface area contributed by atoms with Gasteiger partial charge in [0, 0.05) is 5.69 Å².